The Balaban J connectivity index is 1.65. The Morgan fingerprint density at radius 2 is 2.16 bits per heavy atom. The fourth-order valence-electron chi connectivity index (χ4n) is 1.92. The number of nitrogens with zero attached hydrogens (tertiary/aromatic N) is 4. The van der Waals surface area contributed by atoms with E-state index in [1.807, 2.05) is 11.4 Å². The van der Waals surface area contributed by atoms with Gasteiger partial charge < -0.3 is 15.0 Å². The molecule has 7 heteroatoms. The van der Waals surface area contributed by atoms with Crippen LogP contribution in [0.5, 0.6) is 0 Å². The summed E-state index contributed by atoms with van der Waals surface area (Å²) < 4.78 is 5.34. The first-order chi connectivity index (χ1) is 9.42. The van der Waals surface area contributed by atoms with Crippen LogP contribution in [0.3, 0.4) is 0 Å². The number of thiazole rings is 1. The minimum Gasteiger partial charge on any atom is -0.378 e. The summed E-state index contributed by atoms with van der Waals surface area (Å²) in [5, 5.41) is 6.28. The lowest BCUT2D eigenvalue weighted by molar-refractivity contribution is 0.122. The van der Waals surface area contributed by atoms with Gasteiger partial charge in [0, 0.05) is 30.7 Å². The highest BCUT2D eigenvalue weighted by Crippen LogP contribution is 2.16. The van der Waals surface area contributed by atoms with E-state index < -0.39 is 0 Å². The zero-order valence-electron chi connectivity index (χ0n) is 10.5. The van der Waals surface area contributed by atoms with E-state index in [1.54, 1.807) is 23.9 Å². The first-order valence-electron chi connectivity index (χ1n) is 6.19. The van der Waals surface area contributed by atoms with E-state index in [0.29, 0.717) is 6.54 Å². The average molecular weight is 277 g/mol. The van der Waals surface area contributed by atoms with Crippen LogP contribution in [-0.4, -0.2) is 41.3 Å². The van der Waals surface area contributed by atoms with Gasteiger partial charge in [0.2, 0.25) is 0 Å². The molecule has 3 heterocycles. The zero-order chi connectivity index (χ0) is 12.9. The number of morpholine rings is 1. The second-order valence-corrected chi connectivity index (χ2v) is 5.12. The second-order valence-electron chi connectivity index (χ2n) is 4.14. The van der Waals surface area contributed by atoms with E-state index in [9.17, 15) is 0 Å². The summed E-state index contributed by atoms with van der Waals surface area (Å²) in [4.78, 5) is 15.0. The average Bonchev–Trinajstić information content (AvgIpc) is 3.00. The Morgan fingerprint density at radius 3 is 2.95 bits per heavy atom. The fraction of sp³-hybridized carbons (Fsp3) is 0.417. The fourth-order valence-corrected chi connectivity index (χ4v) is 2.47. The van der Waals surface area contributed by atoms with Crippen LogP contribution in [0.4, 0.5) is 11.6 Å². The van der Waals surface area contributed by atoms with E-state index in [-0.39, 0.29) is 0 Å². The van der Waals surface area contributed by atoms with Gasteiger partial charge in [-0.05, 0) is 0 Å². The summed E-state index contributed by atoms with van der Waals surface area (Å²) in [6.45, 7) is 3.96. The molecule has 6 nitrogen and oxygen atoms in total. The minimum atomic E-state index is 0.692. The van der Waals surface area contributed by atoms with Crippen LogP contribution in [-0.2, 0) is 11.3 Å². The van der Waals surface area contributed by atoms with Crippen LogP contribution in [0.25, 0.3) is 0 Å². The summed E-state index contributed by atoms with van der Waals surface area (Å²) in [7, 11) is 0. The Bertz CT molecular complexity index is 513. The van der Waals surface area contributed by atoms with Gasteiger partial charge in [-0.2, -0.15) is 0 Å². The van der Waals surface area contributed by atoms with Gasteiger partial charge in [-0.25, -0.2) is 15.0 Å². The molecule has 0 atom stereocenters. The molecule has 2 aromatic rings. The third-order valence-electron chi connectivity index (χ3n) is 2.89. The van der Waals surface area contributed by atoms with Gasteiger partial charge in [-0.15, -0.1) is 11.3 Å². The van der Waals surface area contributed by atoms with Crippen molar-refractivity contribution in [2.75, 3.05) is 36.5 Å². The molecule has 19 heavy (non-hydrogen) atoms. The molecule has 0 aromatic carbocycles. The molecule has 0 amide bonds. The maximum absolute atomic E-state index is 5.34. The van der Waals surface area contributed by atoms with Crippen LogP contribution >= 0.6 is 11.3 Å². The highest BCUT2D eigenvalue weighted by molar-refractivity contribution is 7.09. The van der Waals surface area contributed by atoms with Crippen LogP contribution < -0.4 is 10.2 Å². The maximum atomic E-state index is 5.34. The van der Waals surface area contributed by atoms with Crippen molar-refractivity contribution in [1.82, 2.24) is 15.0 Å². The third kappa shape index (κ3) is 3.18. The molecular formula is C12H15N5OS. The predicted octanol–water partition coefficient (Wildman–Crippen LogP) is 1.38. The molecule has 1 saturated heterocycles. The first-order valence-corrected chi connectivity index (χ1v) is 7.07. The number of hydrogen-bond donors (Lipinski definition) is 1. The number of aromatic nitrogens is 3. The van der Waals surface area contributed by atoms with E-state index in [2.05, 4.69) is 25.2 Å². The van der Waals surface area contributed by atoms with Gasteiger partial charge >= 0.3 is 0 Å². The Hall–Kier alpha value is -1.73. The predicted molar refractivity (Wildman–Crippen MR) is 74.5 cm³/mol. The molecule has 0 unspecified atom stereocenters. The number of ether oxygens (including phenoxy) is 1. The lowest BCUT2D eigenvalue weighted by Crippen LogP contribution is -2.36. The van der Waals surface area contributed by atoms with Gasteiger partial charge in [0.1, 0.15) is 23.0 Å². The van der Waals surface area contributed by atoms with Crippen molar-refractivity contribution in [3.63, 3.8) is 0 Å². The van der Waals surface area contributed by atoms with E-state index in [0.717, 1.165) is 42.9 Å². The van der Waals surface area contributed by atoms with E-state index in [1.165, 1.54) is 0 Å². The number of anilines is 2. The molecule has 100 valence electrons. The van der Waals surface area contributed by atoms with Crippen molar-refractivity contribution in [2.24, 2.45) is 0 Å². The quantitative estimate of drug-likeness (QED) is 0.911. The molecule has 0 saturated carbocycles. The molecule has 1 N–H and O–H groups in total. The molecule has 3 rings (SSSR count). The van der Waals surface area contributed by atoms with Gasteiger partial charge in [0.05, 0.1) is 19.8 Å². The third-order valence-corrected chi connectivity index (χ3v) is 3.67. The lowest BCUT2D eigenvalue weighted by Gasteiger charge is -2.27. The Labute approximate surface area is 115 Å². The van der Waals surface area contributed by atoms with Crippen LogP contribution in [0.15, 0.2) is 24.0 Å². The largest absolute Gasteiger partial charge is 0.378 e. The van der Waals surface area contributed by atoms with Crippen molar-refractivity contribution in [3.8, 4) is 0 Å². The standard InChI is InChI=1S/C12H15N5OS/c1-6-19-12(13-1)8-14-10-7-11(16-9-15-10)17-2-4-18-5-3-17/h1,6-7,9H,2-5,8H2,(H,14,15,16). The normalized spacial score (nSPS) is 15.5. The highest BCUT2D eigenvalue weighted by Gasteiger charge is 2.12. The van der Waals surface area contributed by atoms with Crippen molar-refractivity contribution >= 4 is 23.0 Å². The smallest absolute Gasteiger partial charge is 0.134 e. The van der Waals surface area contributed by atoms with Crippen molar-refractivity contribution in [3.05, 3.63) is 29.0 Å². The van der Waals surface area contributed by atoms with Gasteiger partial charge in [-0.3, -0.25) is 0 Å². The summed E-state index contributed by atoms with van der Waals surface area (Å²) in [5.74, 6) is 1.77. The van der Waals surface area contributed by atoms with Crippen molar-refractivity contribution in [1.29, 1.82) is 0 Å². The van der Waals surface area contributed by atoms with Gasteiger partial charge in [0.15, 0.2) is 0 Å². The van der Waals surface area contributed by atoms with E-state index in [4.69, 9.17) is 4.74 Å². The first kappa shape index (κ1) is 12.3. The topological polar surface area (TPSA) is 63.2 Å². The number of nitrogens with one attached hydrogen (secondary N) is 1. The number of rotatable bonds is 4. The van der Waals surface area contributed by atoms with Crippen molar-refractivity contribution < 1.29 is 4.74 Å². The molecule has 0 aliphatic carbocycles. The molecule has 2 aromatic heterocycles. The molecule has 1 fully saturated rings. The number of hydrogen-bond acceptors (Lipinski definition) is 7. The maximum Gasteiger partial charge on any atom is 0.134 e. The Kier molecular flexibility index (Phi) is 3.85. The zero-order valence-corrected chi connectivity index (χ0v) is 11.3. The second kappa shape index (κ2) is 5.94. The molecule has 1 aliphatic rings. The van der Waals surface area contributed by atoms with Crippen LogP contribution in [0.2, 0.25) is 0 Å². The molecule has 1 aliphatic heterocycles. The van der Waals surface area contributed by atoms with Crippen molar-refractivity contribution in [2.45, 2.75) is 6.54 Å². The summed E-state index contributed by atoms with van der Waals surface area (Å²) in [6.07, 6.45) is 3.40. The van der Waals surface area contributed by atoms with Gasteiger partial charge in [0.25, 0.3) is 0 Å². The van der Waals surface area contributed by atoms with Crippen LogP contribution in [0.1, 0.15) is 5.01 Å². The minimum absolute atomic E-state index is 0.692. The molecule has 0 bridgehead atoms. The monoisotopic (exact) mass is 277 g/mol. The highest BCUT2D eigenvalue weighted by atomic mass is 32.1. The lowest BCUT2D eigenvalue weighted by atomic mass is 10.4. The summed E-state index contributed by atoms with van der Waals surface area (Å²) in [6, 6.07) is 1.97. The van der Waals surface area contributed by atoms with Gasteiger partial charge in [-0.1, -0.05) is 0 Å². The molecule has 0 spiro atoms. The molecule has 0 radical (unpaired) electrons. The SMILES string of the molecule is c1nc(NCc2nccs2)cc(N2CCOCC2)n1. The molecular weight excluding hydrogens is 262 g/mol. The Morgan fingerprint density at radius 1 is 1.26 bits per heavy atom. The van der Waals surface area contributed by atoms with Crippen LogP contribution in [0, 0.1) is 0 Å². The summed E-state index contributed by atoms with van der Waals surface area (Å²) >= 11 is 1.63. The summed E-state index contributed by atoms with van der Waals surface area (Å²) in [5.41, 5.74) is 0. The van der Waals surface area contributed by atoms with E-state index >= 15 is 0 Å².